The highest BCUT2D eigenvalue weighted by Gasteiger charge is 2.24. The van der Waals surface area contributed by atoms with Crippen molar-refractivity contribution in [3.63, 3.8) is 0 Å². The molecule has 0 saturated carbocycles. The molecule has 6 nitrogen and oxygen atoms in total. The third kappa shape index (κ3) is 4.38. The highest BCUT2D eigenvalue weighted by Crippen LogP contribution is 2.14. The number of hydrogen-bond acceptors (Lipinski definition) is 6. The monoisotopic (exact) mass is 340 g/mol. The summed E-state index contributed by atoms with van der Waals surface area (Å²) in [6, 6.07) is 11.8. The third-order valence-corrected chi connectivity index (χ3v) is 3.53. The Balaban J connectivity index is 2.03. The first kappa shape index (κ1) is 18.1. The van der Waals surface area contributed by atoms with Crippen molar-refractivity contribution in [2.24, 2.45) is 0 Å². The van der Waals surface area contributed by atoms with Gasteiger partial charge in [0.25, 0.3) is 0 Å². The molecule has 128 valence electrons. The van der Waals surface area contributed by atoms with Gasteiger partial charge >= 0.3 is 0 Å². The highest BCUT2D eigenvalue weighted by molar-refractivity contribution is 6.54. The molecule has 0 radical (unpaired) electrons. The molecule has 2 aromatic carbocycles. The Morgan fingerprint density at radius 1 is 0.640 bits per heavy atom. The molecule has 6 heteroatoms. The van der Waals surface area contributed by atoms with E-state index in [2.05, 4.69) is 0 Å². The van der Waals surface area contributed by atoms with E-state index in [1.165, 1.54) is 62.8 Å². The molecule has 0 fully saturated rings. The number of hydrogen-bond donors (Lipinski definition) is 0. The Hall–Kier alpha value is -3.28. The fraction of sp³-hybridized carbons (Fsp3) is 0.158. The lowest BCUT2D eigenvalue weighted by atomic mass is 9.99. The average Bonchev–Trinajstić information content (AvgIpc) is 2.66. The largest absolute Gasteiger partial charge is 0.497 e. The second-order valence-electron chi connectivity index (χ2n) is 5.14. The molecule has 0 aliphatic rings. The van der Waals surface area contributed by atoms with Gasteiger partial charge in [0.2, 0.25) is 23.1 Å². The molecule has 0 bridgehead atoms. The van der Waals surface area contributed by atoms with Gasteiger partial charge in [0.1, 0.15) is 11.5 Å². The summed E-state index contributed by atoms with van der Waals surface area (Å²) in [5.74, 6) is -2.43. The Morgan fingerprint density at radius 2 is 0.960 bits per heavy atom. The summed E-state index contributed by atoms with van der Waals surface area (Å²) in [4.78, 5) is 48.0. The van der Waals surface area contributed by atoms with E-state index in [0.717, 1.165) is 0 Å². The van der Waals surface area contributed by atoms with E-state index in [1.54, 1.807) is 0 Å². The second-order valence-corrected chi connectivity index (χ2v) is 5.14. The normalized spacial score (nSPS) is 10.0. The first-order valence-electron chi connectivity index (χ1n) is 7.39. The van der Waals surface area contributed by atoms with Crippen molar-refractivity contribution in [3.8, 4) is 11.5 Å². The van der Waals surface area contributed by atoms with Crippen LogP contribution in [0.3, 0.4) is 0 Å². The van der Waals surface area contributed by atoms with E-state index in [0.29, 0.717) is 11.5 Å². The van der Waals surface area contributed by atoms with Crippen LogP contribution in [0.1, 0.15) is 27.1 Å². The minimum absolute atomic E-state index is 0.135. The molecule has 0 atom stereocenters. The SMILES string of the molecule is COc1ccc(C(=O)C(=O)CC(=O)C(=O)c2ccc(OC)cc2)cc1. The summed E-state index contributed by atoms with van der Waals surface area (Å²) in [5, 5.41) is 0. The molecule has 0 aromatic heterocycles. The molecule has 0 amide bonds. The molecule has 0 N–H and O–H groups in total. The van der Waals surface area contributed by atoms with Crippen LogP contribution in [0.2, 0.25) is 0 Å². The van der Waals surface area contributed by atoms with Crippen LogP contribution in [0.25, 0.3) is 0 Å². The van der Waals surface area contributed by atoms with Gasteiger partial charge in [0.05, 0.1) is 20.6 Å². The summed E-state index contributed by atoms with van der Waals surface area (Å²) in [6.45, 7) is 0. The first-order chi connectivity index (χ1) is 12.0. The zero-order valence-corrected chi connectivity index (χ0v) is 13.8. The van der Waals surface area contributed by atoms with Crippen molar-refractivity contribution in [3.05, 3.63) is 59.7 Å². The number of methoxy groups -OCH3 is 2. The summed E-state index contributed by atoms with van der Waals surface area (Å²) >= 11 is 0. The number of Topliss-reactive ketones (excluding diaryl/α,β-unsaturated/α-hetero) is 4. The van der Waals surface area contributed by atoms with E-state index >= 15 is 0 Å². The number of rotatable bonds is 8. The molecule has 0 aliphatic carbocycles. The lowest BCUT2D eigenvalue weighted by molar-refractivity contribution is -0.122. The number of carbonyl (C=O) groups excluding carboxylic acids is 4. The second kappa shape index (κ2) is 8.01. The van der Waals surface area contributed by atoms with Crippen LogP contribution in [0.15, 0.2) is 48.5 Å². The van der Waals surface area contributed by atoms with Crippen molar-refractivity contribution >= 4 is 23.1 Å². The fourth-order valence-corrected chi connectivity index (χ4v) is 2.11. The quantitative estimate of drug-likeness (QED) is 0.416. The Labute approximate surface area is 144 Å². The number of ether oxygens (including phenoxy) is 2. The lowest BCUT2D eigenvalue weighted by Crippen LogP contribution is -2.23. The molecule has 0 heterocycles. The Kier molecular flexibility index (Phi) is 5.79. The summed E-state index contributed by atoms with van der Waals surface area (Å²) in [7, 11) is 2.96. The van der Waals surface area contributed by atoms with Gasteiger partial charge in [-0.2, -0.15) is 0 Å². The standard InChI is InChI=1S/C19H16O6/c1-24-14-7-3-12(4-8-14)18(22)16(20)11-17(21)19(23)13-5-9-15(25-2)10-6-13/h3-10H,11H2,1-2H3. The van der Waals surface area contributed by atoms with Crippen LogP contribution in [-0.4, -0.2) is 37.4 Å². The van der Waals surface area contributed by atoms with Gasteiger partial charge < -0.3 is 9.47 Å². The van der Waals surface area contributed by atoms with Gasteiger partial charge in [0.15, 0.2) is 0 Å². The van der Waals surface area contributed by atoms with Crippen LogP contribution >= 0.6 is 0 Å². The minimum atomic E-state index is -0.933. The maximum absolute atomic E-state index is 12.1. The molecular formula is C19H16O6. The predicted octanol–water partition coefficient (Wildman–Crippen LogP) is 2.30. The molecule has 0 unspecified atom stereocenters. The molecule has 25 heavy (non-hydrogen) atoms. The third-order valence-electron chi connectivity index (χ3n) is 3.53. The Bertz CT molecular complexity index is 733. The van der Waals surface area contributed by atoms with Crippen molar-refractivity contribution in [2.45, 2.75) is 6.42 Å². The molecular weight excluding hydrogens is 324 g/mol. The average molecular weight is 340 g/mol. The highest BCUT2D eigenvalue weighted by atomic mass is 16.5. The van der Waals surface area contributed by atoms with Crippen LogP contribution < -0.4 is 9.47 Å². The summed E-state index contributed by atoms with van der Waals surface area (Å²) in [6.07, 6.45) is -0.768. The van der Waals surface area contributed by atoms with E-state index < -0.39 is 29.6 Å². The van der Waals surface area contributed by atoms with Gasteiger partial charge in [-0.25, -0.2) is 0 Å². The summed E-state index contributed by atoms with van der Waals surface area (Å²) < 4.78 is 9.93. The number of ketones is 4. The molecule has 0 aliphatic heterocycles. The van der Waals surface area contributed by atoms with Crippen LogP contribution in [-0.2, 0) is 9.59 Å². The van der Waals surface area contributed by atoms with Gasteiger partial charge in [-0.15, -0.1) is 0 Å². The smallest absolute Gasteiger partial charge is 0.229 e. The zero-order chi connectivity index (χ0) is 18.4. The minimum Gasteiger partial charge on any atom is -0.497 e. The van der Waals surface area contributed by atoms with Crippen molar-refractivity contribution in [1.29, 1.82) is 0 Å². The van der Waals surface area contributed by atoms with Crippen LogP contribution in [0.5, 0.6) is 11.5 Å². The molecule has 2 rings (SSSR count). The maximum Gasteiger partial charge on any atom is 0.229 e. The number of carbonyl (C=O) groups is 4. The van der Waals surface area contributed by atoms with Gasteiger partial charge in [-0.05, 0) is 48.5 Å². The van der Waals surface area contributed by atoms with E-state index in [9.17, 15) is 19.2 Å². The van der Waals surface area contributed by atoms with Crippen molar-refractivity contribution < 1.29 is 28.7 Å². The maximum atomic E-state index is 12.1. The molecule has 2 aromatic rings. The van der Waals surface area contributed by atoms with Crippen molar-refractivity contribution in [1.82, 2.24) is 0 Å². The topological polar surface area (TPSA) is 86.7 Å². The molecule has 0 saturated heterocycles. The molecule has 0 spiro atoms. The predicted molar refractivity (Wildman–Crippen MR) is 89.3 cm³/mol. The van der Waals surface area contributed by atoms with Crippen LogP contribution in [0.4, 0.5) is 0 Å². The Morgan fingerprint density at radius 3 is 1.24 bits per heavy atom. The van der Waals surface area contributed by atoms with Gasteiger partial charge in [-0.3, -0.25) is 19.2 Å². The van der Waals surface area contributed by atoms with E-state index in [1.807, 2.05) is 0 Å². The first-order valence-corrected chi connectivity index (χ1v) is 7.39. The van der Waals surface area contributed by atoms with Crippen LogP contribution in [0, 0.1) is 0 Å². The fourth-order valence-electron chi connectivity index (χ4n) is 2.11. The van der Waals surface area contributed by atoms with E-state index in [4.69, 9.17) is 9.47 Å². The van der Waals surface area contributed by atoms with Gasteiger partial charge in [-0.1, -0.05) is 0 Å². The van der Waals surface area contributed by atoms with E-state index in [-0.39, 0.29) is 11.1 Å². The lowest BCUT2D eigenvalue weighted by Gasteiger charge is -2.03. The zero-order valence-electron chi connectivity index (χ0n) is 13.8. The summed E-state index contributed by atoms with van der Waals surface area (Å²) in [5.41, 5.74) is 0.269. The van der Waals surface area contributed by atoms with Gasteiger partial charge in [0, 0.05) is 11.1 Å². The van der Waals surface area contributed by atoms with Crippen molar-refractivity contribution in [2.75, 3.05) is 14.2 Å². The number of benzene rings is 2.